The summed E-state index contributed by atoms with van der Waals surface area (Å²) in [6.07, 6.45) is 0.605. The minimum Gasteiger partial charge on any atom is -0.448 e. The normalized spacial score (nSPS) is 9.50. The number of aromatic nitrogens is 1. The Hall–Kier alpha value is -1.85. The van der Waals surface area contributed by atoms with Gasteiger partial charge in [-0.2, -0.15) is 0 Å². The van der Waals surface area contributed by atoms with Crippen LogP contribution in [0.4, 0.5) is 15.0 Å². The molecule has 76 valence electrons. The number of nitrogens with one attached hydrogen (secondary N) is 1. The molecular weight excluding hydrogens is 189 g/mol. The molecule has 0 aliphatic rings. The molecule has 0 spiro atoms. The molecule has 0 bridgehead atoms. The molecule has 1 amide bonds. The summed E-state index contributed by atoms with van der Waals surface area (Å²) in [6, 6.07) is 2.77. The number of rotatable bonds is 4. The fraction of sp³-hybridized carbons (Fsp3) is 0.250. The summed E-state index contributed by atoms with van der Waals surface area (Å²) in [6.45, 7) is 0.336. The lowest BCUT2D eigenvalue weighted by Gasteiger charge is -2.05. The highest BCUT2D eigenvalue weighted by atomic mass is 19.1. The van der Waals surface area contributed by atoms with Crippen LogP contribution in [0.3, 0.4) is 0 Å². The molecule has 0 aliphatic carbocycles. The van der Waals surface area contributed by atoms with Gasteiger partial charge in [0.2, 0.25) is 0 Å². The van der Waals surface area contributed by atoms with E-state index in [2.05, 4.69) is 15.0 Å². The van der Waals surface area contributed by atoms with Crippen LogP contribution >= 0.6 is 0 Å². The molecular formula is C8H10FN3O2. The van der Waals surface area contributed by atoms with Gasteiger partial charge in [0, 0.05) is 6.20 Å². The number of pyridine rings is 1. The quantitative estimate of drug-likeness (QED) is 0.701. The summed E-state index contributed by atoms with van der Waals surface area (Å²) in [4.78, 5) is 13.9. The summed E-state index contributed by atoms with van der Waals surface area (Å²) < 4.78 is 17.3. The van der Waals surface area contributed by atoms with Gasteiger partial charge in [-0.25, -0.2) is 14.2 Å². The number of hydrogen-bond acceptors (Lipinski definition) is 4. The van der Waals surface area contributed by atoms with Gasteiger partial charge in [-0.1, -0.05) is 0 Å². The monoisotopic (exact) mass is 199 g/mol. The Morgan fingerprint density at radius 2 is 2.50 bits per heavy atom. The summed E-state index contributed by atoms with van der Waals surface area (Å²) in [5, 5.41) is 2.65. The summed E-state index contributed by atoms with van der Waals surface area (Å²) in [5.41, 5.74) is 4.72. The Bertz CT molecular complexity index is 319. The maximum atomic E-state index is 12.9. The minimum absolute atomic E-state index is 0.0747. The van der Waals surface area contributed by atoms with E-state index in [0.29, 0.717) is 0 Å². The number of nitrogens with zero attached hydrogens (tertiary/aromatic N) is 1. The number of amides is 1. The summed E-state index contributed by atoms with van der Waals surface area (Å²) in [7, 11) is 0. The van der Waals surface area contributed by atoms with Crippen molar-refractivity contribution in [2.24, 2.45) is 5.73 Å². The average Bonchev–Trinajstić information content (AvgIpc) is 2.15. The predicted molar refractivity (Wildman–Crippen MR) is 48.2 cm³/mol. The molecule has 6 heteroatoms. The number of ether oxygens (including phenoxy) is 1. The van der Waals surface area contributed by atoms with Gasteiger partial charge in [0.1, 0.15) is 6.61 Å². The maximum Gasteiger partial charge on any atom is 0.404 e. The largest absolute Gasteiger partial charge is 0.448 e. The van der Waals surface area contributed by atoms with Gasteiger partial charge in [-0.3, -0.25) is 0 Å². The van der Waals surface area contributed by atoms with Gasteiger partial charge in [-0.15, -0.1) is 0 Å². The molecule has 14 heavy (non-hydrogen) atoms. The lowest BCUT2D eigenvalue weighted by molar-refractivity contribution is 0.161. The second-order valence-corrected chi connectivity index (χ2v) is 2.43. The lowest BCUT2D eigenvalue weighted by atomic mass is 10.4. The predicted octanol–water partition coefficient (Wildman–Crippen LogP) is 0.728. The molecule has 0 unspecified atom stereocenters. The lowest BCUT2D eigenvalue weighted by Crippen LogP contribution is -2.18. The van der Waals surface area contributed by atoms with Crippen LogP contribution in [0.1, 0.15) is 0 Å². The zero-order valence-electron chi connectivity index (χ0n) is 7.37. The number of nitrogens with two attached hydrogens (primary N) is 1. The summed E-state index contributed by atoms with van der Waals surface area (Å²) >= 11 is 0. The Morgan fingerprint density at radius 1 is 1.71 bits per heavy atom. The molecule has 0 radical (unpaired) electrons. The highest BCUT2D eigenvalue weighted by molar-refractivity contribution is 5.64. The van der Waals surface area contributed by atoms with Crippen LogP contribution in [0.5, 0.6) is 0 Å². The van der Waals surface area contributed by atoms with E-state index in [4.69, 9.17) is 5.73 Å². The first-order valence-corrected chi connectivity index (χ1v) is 3.97. The first-order chi connectivity index (χ1) is 6.70. The zero-order chi connectivity index (χ0) is 10.4. The van der Waals surface area contributed by atoms with Crippen LogP contribution in [-0.2, 0) is 4.74 Å². The van der Waals surface area contributed by atoms with Crippen molar-refractivity contribution in [3.63, 3.8) is 0 Å². The Kier molecular flexibility index (Phi) is 3.66. The molecule has 1 rings (SSSR count). The van der Waals surface area contributed by atoms with Crippen molar-refractivity contribution in [3.8, 4) is 0 Å². The number of primary amides is 1. The fourth-order valence-electron chi connectivity index (χ4n) is 0.837. The maximum absolute atomic E-state index is 12.9. The van der Waals surface area contributed by atoms with E-state index in [1.165, 1.54) is 18.3 Å². The fourth-order valence-corrected chi connectivity index (χ4v) is 0.837. The van der Waals surface area contributed by atoms with Gasteiger partial charge in [0.15, 0.2) is 11.6 Å². The molecule has 0 aliphatic heterocycles. The molecule has 1 heterocycles. The molecule has 1 aromatic heterocycles. The number of halogens is 1. The average molecular weight is 199 g/mol. The van der Waals surface area contributed by atoms with Crippen LogP contribution in [0.15, 0.2) is 18.3 Å². The van der Waals surface area contributed by atoms with Crippen molar-refractivity contribution in [2.75, 3.05) is 18.5 Å². The van der Waals surface area contributed by atoms with Crippen LogP contribution in [0, 0.1) is 5.82 Å². The molecule has 5 nitrogen and oxygen atoms in total. The number of anilines is 1. The van der Waals surface area contributed by atoms with Gasteiger partial charge in [0.25, 0.3) is 0 Å². The zero-order valence-corrected chi connectivity index (χ0v) is 7.37. The molecule has 3 N–H and O–H groups in total. The molecule has 1 aromatic rings. The van der Waals surface area contributed by atoms with Crippen molar-refractivity contribution in [3.05, 3.63) is 24.1 Å². The molecule has 0 atom stereocenters. The molecule has 0 aromatic carbocycles. The van der Waals surface area contributed by atoms with Crippen molar-refractivity contribution in [1.82, 2.24) is 4.98 Å². The molecule has 0 fully saturated rings. The SMILES string of the molecule is NC(=O)OCCNc1ncccc1F. The van der Waals surface area contributed by atoms with E-state index in [0.717, 1.165) is 0 Å². The Morgan fingerprint density at radius 3 is 3.14 bits per heavy atom. The first kappa shape index (κ1) is 10.2. The minimum atomic E-state index is -0.853. The van der Waals surface area contributed by atoms with Crippen LogP contribution in [0.2, 0.25) is 0 Å². The Balaban J connectivity index is 2.31. The number of hydrogen-bond donors (Lipinski definition) is 2. The third-order valence-electron chi connectivity index (χ3n) is 1.40. The van der Waals surface area contributed by atoms with E-state index in [1.807, 2.05) is 0 Å². The van der Waals surface area contributed by atoms with E-state index in [-0.39, 0.29) is 19.0 Å². The van der Waals surface area contributed by atoms with E-state index in [9.17, 15) is 9.18 Å². The topological polar surface area (TPSA) is 77.2 Å². The number of carbonyl (C=O) groups excluding carboxylic acids is 1. The van der Waals surface area contributed by atoms with Crippen LogP contribution in [0.25, 0.3) is 0 Å². The first-order valence-electron chi connectivity index (χ1n) is 3.97. The van der Waals surface area contributed by atoms with Gasteiger partial charge in [0.05, 0.1) is 6.54 Å². The smallest absolute Gasteiger partial charge is 0.404 e. The highest BCUT2D eigenvalue weighted by Gasteiger charge is 2.00. The second kappa shape index (κ2) is 5.00. The Labute approximate surface area is 80.1 Å². The van der Waals surface area contributed by atoms with Crippen molar-refractivity contribution >= 4 is 11.9 Å². The van der Waals surface area contributed by atoms with Gasteiger partial charge in [-0.05, 0) is 12.1 Å². The highest BCUT2D eigenvalue weighted by Crippen LogP contribution is 2.07. The number of carbonyl (C=O) groups is 1. The van der Waals surface area contributed by atoms with Crippen LogP contribution < -0.4 is 11.1 Å². The molecule has 0 saturated carbocycles. The van der Waals surface area contributed by atoms with Crippen molar-refractivity contribution in [1.29, 1.82) is 0 Å². The van der Waals surface area contributed by atoms with E-state index >= 15 is 0 Å². The second-order valence-electron chi connectivity index (χ2n) is 2.43. The van der Waals surface area contributed by atoms with Crippen LogP contribution in [-0.4, -0.2) is 24.2 Å². The standard InChI is InChI=1S/C8H10FN3O2/c9-6-2-1-3-11-7(6)12-4-5-14-8(10)13/h1-3H,4-5H2,(H2,10,13)(H,11,12). The van der Waals surface area contributed by atoms with E-state index in [1.54, 1.807) is 0 Å². The van der Waals surface area contributed by atoms with Crippen molar-refractivity contribution in [2.45, 2.75) is 0 Å². The third kappa shape index (κ3) is 3.26. The van der Waals surface area contributed by atoms with Crippen molar-refractivity contribution < 1.29 is 13.9 Å². The third-order valence-corrected chi connectivity index (χ3v) is 1.40. The molecule has 0 saturated heterocycles. The summed E-state index contributed by atoms with van der Waals surface area (Å²) in [5.74, 6) is -0.327. The van der Waals surface area contributed by atoms with Gasteiger partial charge >= 0.3 is 6.09 Å². The van der Waals surface area contributed by atoms with E-state index < -0.39 is 11.9 Å². The van der Waals surface area contributed by atoms with Gasteiger partial charge < -0.3 is 15.8 Å².